The fraction of sp³-hybridized carbons (Fsp3) is 0.393. The monoisotopic (exact) mass is 470 g/mol. The number of amides is 1. The van der Waals surface area contributed by atoms with E-state index in [1.807, 2.05) is 24.3 Å². The number of benzene rings is 1. The Labute approximate surface area is 205 Å². The van der Waals surface area contributed by atoms with Crippen LogP contribution in [0, 0.1) is 34.5 Å². The number of aliphatic hydroxyl groups is 2. The summed E-state index contributed by atoms with van der Waals surface area (Å²) in [5.74, 6) is 7.18. The highest BCUT2D eigenvalue weighted by molar-refractivity contribution is 5.78. The zero-order valence-electron chi connectivity index (χ0n) is 19.8. The lowest BCUT2D eigenvalue weighted by molar-refractivity contribution is -0.121. The van der Waals surface area contributed by atoms with Crippen molar-refractivity contribution < 1.29 is 15.0 Å². The molecule has 1 saturated carbocycles. The van der Waals surface area contributed by atoms with E-state index in [2.05, 4.69) is 52.5 Å². The topological polar surface area (TPSA) is 111 Å². The summed E-state index contributed by atoms with van der Waals surface area (Å²) in [5, 5.41) is 31.8. The Morgan fingerprint density at radius 1 is 1.34 bits per heavy atom. The Morgan fingerprint density at radius 3 is 2.74 bits per heavy atom. The molecule has 0 spiro atoms. The first kappa shape index (κ1) is 24.5. The number of hydrogen-bond acceptors (Lipinski definition) is 5. The molecule has 180 valence electrons. The van der Waals surface area contributed by atoms with Crippen molar-refractivity contribution in [3.8, 4) is 17.9 Å². The van der Waals surface area contributed by atoms with E-state index < -0.39 is 17.6 Å². The van der Waals surface area contributed by atoms with Gasteiger partial charge < -0.3 is 20.1 Å². The number of nitrogens with zero attached hydrogens (tertiary/aromatic N) is 3. The minimum absolute atomic E-state index is 0.0385. The largest absolute Gasteiger partial charge is 0.393 e. The lowest BCUT2D eigenvalue weighted by Gasteiger charge is -2.46. The van der Waals surface area contributed by atoms with Crippen LogP contribution in [0.25, 0.3) is 5.57 Å². The van der Waals surface area contributed by atoms with Gasteiger partial charge in [0.1, 0.15) is 24.4 Å². The summed E-state index contributed by atoms with van der Waals surface area (Å²) in [6, 6.07) is 11.6. The van der Waals surface area contributed by atoms with Crippen LogP contribution >= 0.6 is 0 Å². The van der Waals surface area contributed by atoms with Gasteiger partial charge >= 0.3 is 0 Å². The molecule has 1 aromatic heterocycles. The summed E-state index contributed by atoms with van der Waals surface area (Å²) in [4.78, 5) is 16.0. The van der Waals surface area contributed by atoms with Crippen LogP contribution in [0.5, 0.6) is 0 Å². The van der Waals surface area contributed by atoms with E-state index in [9.17, 15) is 15.0 Å². The minimum atomic E-state index is -0.773. The Bertz CT molecular complexity index is 1210. The number of nitriles is 1. The minimum Gasteiger partial charge on any atom is -0.393 e. The van der Waals surface area contributed by atoms with Gasteiger partial charge in [-0.3, -0.25) is 4.79 Å². The molecule has 35 heavy (non-hydrogen) atoms. The normalized spacial score (nSPS) is 24.7. The zero-order valence-corrected chi connectivity index (χ0v) is 19.8. The average Bonchev–Trinajstić information content (AvgIpc) is 3.33. The van der Waals surface area contributed by atoms with Crippen LogP contribution in [-0.4, -0.2) is 38.3 Å². The van der Waals surface area contributed by atoms with Gasteiger partial charge in [-0.25, -0.2) is 4.98 Å². The van der Waals surface area contributed by atoms with E-state index in [0.717, 1.165) is 30.4 Å². The molecule has 2 aliphatic carbocycles. The van der Waals surface area contributed by atoms with Crippen molar-refractivity contribution in [3.05, 3.63) is 72.3 Å². The van der Waals surface area contributed by atoms with Crippen molar-refractivity contribution in [1.29, 1.82) is 5.26 Å². The molecule has 0 aliphatic heterocycles. The molecule has 1 amide bonds. The van der Waals surface area contributed by atoms with E-state index in [4.69, 9.17) is 5.26 Å². The number of allylic oxidation sites excluding steroid dienone is 4. The summed E-state index contributed by atoms with van der Waals surface area (Å²) >= 11 is 0. The molecule has 3 unspecified atom stereocenters. The van der Waals surface area contributed by atoms with E-state index in [0.29, 0.717) is 5.82 Å². The SMILES string of the molecule is CC(O)c1nccn1C(C#CC1(C2CC(NC(=O)CC#N)C2)C=CC(c2ccccc2)=CC1)CO. The number of imidazole rings is 1. The quantitative estimate of drug-likeness (QED) is 0.538. The number of aromatic nitrogens is 2. The molecular weight excluding hydrogens is 440 g/mol. The van der Waals surface area contributed by atoms with Crippen molar-refractivity contribution in [1.82, 2.24) is 14.9 Å². The van der Waals surface area contributed by atoms with Gasteiger partial charge in [-0.05, 0) is 43.2 Å². The first-order valence-corrected chi connectivity index (χ1v) is 11.9. The number of nitrogens with one attached hydrogen (secondary N) is 1. The summed E-state index contributed by atoms with van der Waals surface area (Å²) in [5.41, 5.74) is 1.85. The molecule has 1 aromatic carbocycles. The summed E-state index contributed by atoms with van der Waals surface area (Å²) in [6.07, 6.45) is 11.2. The highest BCUT2D eigenvalue weighted by Crippen LogP contribution is 2.48. The highest BCUT2D eigenvalue weighted by atomic mass is 16.3. The fourth-order valence-corrected chi connectivity index (χ4v) is 4.83. The maximum Gasteiger partial charge on any atom is 0.234 e. The molecule has 4 rings (SSSR count). The van der Waals surface area contributed by atoms with E-state index in [1.165, 1.54) is 0 Å². The Hall–Kier alpha value is -3.65. The fourth-order valence-electron chi connectivity index (χ4n) is 4.83. The molecule has 0 bridgehead atoms. The first-order valence-electron chi connectivity index (χ1n) is 11.9. The van der Waals surface area contributed by atoms with E-state index in [-0.39, 0.29) is 30.9 Å². The molecule has 1 heterocycles. The van der Waals surface area contributed by atoms with Gasteiger partial charge in [-0.2, -0.15) is 5.26 Å². The van der Waals surface area contributed by atoms with Crippen molar-refractivity contribution in [2.75, 3.05) is 6.61 Å². The molecular formula is C28H30N4O3. The molecule has 3 atom stereocenters. The van der Waals surface area contributed by atoms with Crippen LogP contribution in [0.4, 0.5) is 0 Å². The molecule has 2 aromatic rings. The third kappa shape index (κ3) is 5.38. The summed E-state index contributed by atoms with van der Waals surface area (Å²) < 4.78 is 1.72. The second-order valence-electron chi connectivity index (χ2n) is 9.21. The lowest BCUT2D eigenvalue weighted by atomic mass is 9.60. The maximum absolute atomic E-state index is 11.8. The summed E-state index contributed by atoms with van der Waals surface area (Å²) in [7, 11) is 0. The zero-order chi connectivity index (χ0) is 24.8. The number of carbonyl (C=O) groups excluding carboxylic acids is 1. The average molecular weight is 471 g/mol. The smallest absolute Gasteiger partial charge is 0.234 e. The molecule has 0 radical (unpaired) electrons. The van der Waals surface area contributed by atoms with Crippen LogP contribution in [0.1, 0.15) is 56.1 Å². The predicted molar refractivity (Wildman–Crippen MR) is 132 cm³/mol. The third-order valence-corrected chi connectivity index (χ3v) is 6.85. The second kappa shape index (κ2) is 10.7. The third-order valence-electron chi connectivity index (χ3n) is 6.85. The van der Waals surface area contributed by atoms with Crippen LogP contribution < -0.4 is 5.32 Å². The first-order chi connectivity index (χ1) is 17.0. The molecule has 0 saturated heterocycles. The molecule has 7 heteroatoms. The van der Waals surface area contributed by atoms with Crippen molar-refractivity contribution in [2.24, 2.45) is 11.3 Å². The number of hydrogen-bond donors (Lipinski definition) is 3. The van der Waals surface area contributed by atoms with Gasteiger partial charge in [-0.15, -0.1) is 0 Å². The van der Waals surface area contributed by atoms with Crippen LogP contribution in [0.2, 0.25) is 0 Å². The van der Waals surface area contributed by atoms with Crippen molar-refractivity contribution >= 4 is 11.5 Å². The number of carbonyl (C=O) groups is 1. The standard InChI is InChI=1S/C28H30N4O3/c1-20(34)27-30-15-16-32(27)25(19-33)9-13-28(23-17-24(18-23)31-26(35)10-14-29)11-7-22(8-12-28)21-5-3-2-4-6-21/h2-8,11,15-16,20,23-25,33-34H,10,12,17-19H2,1H3,(H,31,35). The van der Waals surface area contributed by atoms with Crippen molar-refractivity contribution in [3.63, 3.8) is 0 Å². The number of aliphatic hydroxyl groups excluding tert-OH is 2. The van der Waals surface area contributed by atoms with Gasteiger partial charge in [0.15, 0.2) is 0 Å². The van der Waals surface area contributed by atoms with Gasteiger partial charge in [0, 0.05) is 18.4 Å². The Morgan fingerprint density at radius 2 is 2.11 bits per heavy atom. The molecule has 1 fully saturated rings. The van der Waals surface area contributed by atoms with Gasteiger partial charge in [0.05, 0.1) is 18.1 Å². The van der Waals surface area contributed by atoms with E-state index >= 15 is 0 Å². The molecule has 7 nitrogen and oxygen atoms in total. The Kier molecular flexibility index (Phi) is 7.51. The van der Waals surface area contributed by atoms with Crippen LogP contribution in [-0.2, 0) is 4.79 Å². The predicted octanol–water partition coefficient (Wildman–Crippen LogP) is 3.31. The van der Waals surface area contributed by atoms with Gasteiger partial charge in [0.2, 0.25) is 5.91 Å². The maximum atomic E-state index is 11.8. The van der Waals surface area contributed by atoms with Crippen LogP contribution in [0.3, 0.4) is 0 Å². The Balaban J connectivity index is 1.59. The summed E-state index contributed by atoms with van der Waals surface area (Å²) in [6.45, 7) is 1.43. The molecule has 3 N–H and O–H groups in total. The van der Waals surface area contributed by atoms with Crippen molar-refractivity contribution in [2.45, 2.75) is 50.8 Å². The van der Waals surface area contributed by atoms with E-state index in [1.54, 1.807) is 23.9 Å². The van der Waals surface area contributed by atoms with Gasteiger partial charge in [-0.1, -0.05) is 60.4 Å². The molecule has 2 aliphatic rings. The second-order valence-corrected chi connectivity index (χ2v) is 9.21. The van der Waals surface area contributed by atoms with Gasteiger partial charge in [0.25, 0.3) is 0 Å². The highest BCUT2D eigenvalue weighted by Gasteiger charge is 2.44. The van der Waals surface area contributed by atoms with Crippen LogP contribution in [0.15, 0.2) is 61.0 Å². The number of rotatable bonds is 7. The lowest BCUT2D eigenvalue weighted by Crippen LogP contribution is -2.49.